The van der Waals surface area contributed by atoms with Crippen molar-refractivity contribution in [2.45, 2.75) is 6.92 Å². The number of aryl methyl sites for hydroxylation is 1. The molecule has 0 bridgehead atoms. The van der Waals surface area contributed by atoms with Crippen molar-refractivity contribution in [2.24, 2.45) is 0 Å². The molecule has 0 spiro atoms. The van der Waals surface area contributed by atoms with Gasteiger partial charge in [0.15, 0.2) is 6.61 Å². The topological polar surface area (TPSA) is 65.2 Å². The van der Waals surface area contributed by atoms with Crippen molar-refractivity contribution < 1.29 is 13.9 Å². The number of hydrogen-bond donors (Lipinski definition) is 0. The Morgan fingerprint density at radius 1 is 1.24 bits per heavy atom. The average Bonchev–Trinajstić information content (AvgIpc) is 3.16. The van der Waals surface area contributed by atoms with Gasteiger partial charge in [-0.25, -0.2) is 0 Å². The van der Waals surface area contributed by atoms with Crippen molar-refractivity contribution in [1.29, 1.82) is 0 Å². The number of carbonyl (C=O) groups is 1. The highest BCUT2D eigenvalue weighted by Crippen LogP contribution is 2.21. The molecule has 0 amide bonds. The highest BCUT2D eigenvalue weighted by Gasteiger charge is 2.09. The fourth-order valence-corrected chi connectivity index (χ4v) is 2.59. The molecule has 0 N–H and O–H groups in total. The highest BCUT2D eigenvalue weighted by atomic mass is 32.1. The molecule has 0 aliphatic heterocycles. The van der Waals surface area contributed by atoms with Gasteiger partial charge in [-0.05, 0) is 43.3 Å². The SMILES string of the molecule is Cc1ccc(C(=O)COc2ccc(-c3nnco3)cc2)s1. The van der Waals surface area contributed by atoms with E-state index in [0.29, 0.717) is 11.6 Å². The van der Waals surface area contributed by atoms with Crippen LogP contribution >= 0.6 is 11.3 Å². The molecule has 21 heavy (non-hydrogen) atoms. The molecule has 106 valence electrons. The summed E-state index contributed by atoms with van der Waals surface area (Å²) in [6.07, 6.45) is 1.28. The first-order valence-corrected chi connectivity index (χ1v) is 7.13. The van der Waals surface area contributed by atoms with Crippen LogP contribution in [0.5, 0.6) is 5.75 Å². The third-order valence-corrected chi connectivity index (χ3v) is 3.89. The van der Waals surface area contributed by atoms with Gasteiger partial charge in [-0.2, -0.15) is 0 Å². The second kappa shape index (κ2) is 5.88. The molecule has 0 atom stereocenters. The van der Waals surface area contributed by atoms with Crippen LogP contribution < -0.4 is 4.74 Å². The maximum absolute atomic E-state index is 11.9. The first kappa shape index (κ1) is 13.5. The largest absolute Gasteiger partial charge is 0.485 e. The lowest BCUT2D eigenvalue weighted by Crippen LogP contribution is -2.09. The average molecular weight is 300 g/mol. The zero-order valence-corrected chi connectivity index (χ0v) is 12.1. The van der Waals surface area contributed by atoms with Crippen LogP contribution in [-0.4, -0.2) is 22.6 Å². The standard InChI is InChI=1S/C15H12N2O3S/c1-10-2-7-14(21-10)13(18)8-19-12-5-3-11(4-6-12)15-17-16-9-20-15/h2-7,9H,8H2,1H3. The molecule has 1 aromatic carbocycles. The lowest BCUT2D eigenvalue weighted by atomic mass is 10.2. The van der Waals surface area contributed by atoms with E-state index in [1.807, 2.05) is 31.2 Å². The Labute approximate surface area is 125 Å². The molecular formula is C15H12N2O3S. The predicted octanol–water partition coefficient (Wildman–Crippen LogP) is 3.37. The molecule has 0 aliphatic rings. The summed E-state index contributed by atoms with van der Waals surface area (Å²) in [4.78, 5) is 13.8. The number of Topliss-reactive ketones (excluding diaryl/α,β-unsaturated/α-hetero) is 1. The van der Waals surface area contributed by atoms with Crippen molar-refractivity contribution in [3.8, 4) is 17.2 Å². The van der Waals surface area contributed by atoms with E-state index in [1.165, 1.54) is 17.7 Å². The summed E-state index contributed by atoms with van der Waals surface area (Å²) in [5.74, 6) is 1.06. The molecule has 0 saturated heterocycles. The van der Waals surface area contributed by atoms with Gasteiger partial charge in [0.25, 0.3) is 0 Å². The number of ether oxygens (including phenoxy) is 1. The number of ketones is 1. The van der Waals surface area contributed by atoms with Gasteiger partial charge in [-0.15, -0.1) is 21.5 Å². The zero-order valence-electron chi connectivity index (χ0n) is 11.3. The van der Waals surface area contributed by atoms with Crippen molar-refractivity contribution in [3.05, 3.63) is 52.5 Å². The summed E-state index contributed by atoms with van der Waals surface area (Å²) in [6, 6.07) is 10.9. The maximum Gasteiger partial charge on any atom is 0.247 e. The number of benzene rings is 1. The molecule has 6 heteroatoms. The number of nitrogens with zero attached hydrogens (tertiary/aromatic N) is 2. The summed E-state index contributed by atoms with van der Waals surface area (Å²) >= 11 is 1.47. The summed E-state index contributed by atoms with van der Waals surface area (Å²) in [6.45, 7) is 2.00. The monoisotopic (exact) mass is 300 g/mol. The van der Waals surface area contributed by atoms with Crippen LogP contribution in [0, 0.1) is 6.92 Å². The summed E-state index contributed by atoms with van der Waals surface area (Å²) in [5, 5.41) is 7.45. The van der Waals surface area contributed by atoms with E-state index in [0.717, 1.165) is 15.3 Å². The highest BCUT2D eigenvalue weighted by molar-refractivity contribution is 7.14. The third-order valence-electron chi connectivity index (χ3n) is 2.85. The second-order valence-corrected chi connectivity index (χ2v) is 5.68. The second-order valence-electron chi connectivity index (χ2n) is 4.39. The van der Waals surface area contributed by atoms with Crippen LogP contribution in [0.25, 0.3) is 11.5 Å². The van der Waals surface area contributed by atoms with Crippen LogP contribution in [0.1, 0.15) is 14.5 Å². The van der Waals surface area contributed by atoms with Gasteiger partial charge in [0, 0.05) is 10.4 Å². The Bertz CT molecular complexity index is 733. The molecule has 5 nitrogen and oxygen atoms in total. The van der Waals surface area contributed by atoms with Crippen LogP contribution in [0.4, 0.5) is 0 Å². The molecule has 0 radical (unpaired) electrons. The van der Waals surface area contributed by atoms with Gasteiger partial charge >= 0.3 is 0 Å². The molecule has 2 aromatic heterocycles. The Hall–Kier alpha value is -2.47. The first-order valence-electron chi connectivity index (χ1n) is 6.31. The molecule has 3 rings (SSSR count). The summed E-state index contributed by atoms with van der Waals surface area (Å²) in [7, 11) is 0. The summed E-state index contributed by atoms with van der Waals surface area (Å²) in [5.41, 5.74) is 0.806. The van der Waals surface area contributed by atoms with Crippen LogP contribution in [0.15, 0.2) is 47.2 Å². The number of rotatable bonds is 5. The molecule has 0 saturated carbocycles. The van der Waals surface area contributed by atoms with E-state index in [-0.39, 0.29) is 12.4 Å². The van der Waals surface area contributed by atoms with Crippen molar-refractivity contribution in [1.82, 2.24) is 10.2 Å². The van der Waals surface area contributed by atoms with Crippen LogP contribution in [0.3, 0.4) is 0 Å². The minimum absolute atomic E-state index is 0.0194. The van der Waals surface area contributed by atoms with Crippen LogP contribution in [-0.2, 0) is 0 Å². The van der Waals surface area contributed by atoms with E-state index >= 15 is 0 Å². The number of hydrogen-bond acceptors (Lipinski definition) is 6. The number of carbonyl (C=O) groups excluding carboxylic acids is 1. The van der Waals surface area contributed by atoms with Crippen molar-refractivity contribution in [2.75, 3.05) is 6.61 Å². The Kier molecular flexibility index (Phi) is 3.79. The van der Waals surface area contributed by atoms with E-state index < -0.39 is 0 Å². The summed E-state index contributed by atoms with van der Waals surface area (Å²) < 4.78 is 10.6. The normalized spacial score (nSPS) is 10.5. The molecular weight excluding hydrogens is 288 g/mol. The van der Waals surface area contributed by atoms with E-state index in [9.17, 15) is 4.79 Å². The maximum atomic E-state index is 11.9. The molecule has 0 aliphatic carbocycles. The van der Waals surface area contributed by atoms with Crippen LogP contribution in [0.2, 0.25) is 0 Å². The van der Waals surface area contributed by atoms with E-state index in [1.54, 1.807) is 12.1 Å². The Balaban J connectivity index is 1.62. The van der Waals surface area contributed by atoms with Gasteiger partial charge < -0.3 is 9.15 Å². The minimum atomic E-state index is -0.0194. The zero-order chi connectivity index (χ0) is 14.7. The van der Waals surface area contributed by atoms with Gasteiger partial charge in [0.1, 0.15) is 5.75 Å². The van der Waals surface area contributed by atoms with Gasteiger partial charge in [0.05, 0.1) is 4.88 Å². The quantitative estimate of drug-likeness (QED) is 0.676. The van der Waals surface area contributed by atoms with Crippen molar-refractivity contribution in [3.63, 3.8) is 0 Å². The Morgan fingerprint density at radius 2 is 2.05 bits per heavy atom. The fourth-order valence-electron chi connectivity index (χ4n) is 1.80. The Morgan fingerprint density at radius 3 is 2.67 bits per heavy atom. The fraction of sp³-hybridized carbons (Fsp3) is 0.133. The third kappa shape index (κ3) is 3.17. The lowest BCUT2D eigenvalue weighted by Gasteiger charge is -2.04. The van der Waals surface area contributed by atoms with E-state index in [4.69, 9.17) is 9.15 Å². The lowest BCUT2D eigenvalue weighted by molar-refractivity contribution is 0.0925. The minimum Gasteiger partial charge on any atom is -0.485 e. The van der Waals surface area contributed by atoms with E-state index in [2.05, 4.69) is 10.2 Å². The molecule has 0 unspecified atom stereocenters. The predicted molar refractivity (Wildman–Crippen MR) is 78.6 cm³/mol. The molecule has 0 fully saturated rings. The molecule has 2 heterocycles. The van der Waals surface area contributed by atoms with Gasteiger partial charge in [0.2, 0.25) is 18.1 Å². The molecule has 3 aromatic rings. The van der Waals surface area contributed by atoms with Gasteiger partial charge in [-0.1, -0.05) is 0 Å². The number of thiophene rings is 1. The first-order chi connectivity index (χ1) is 10.2. The van der Waals surface area contributed by atoms with Crippen molar-refractivity contribution >= 4 is 17.1 Å². The van der Waals surface area contributed by atoms with Gasteiger partial charge in [-0.3, -0.25) is 4.79 Å². The number of aromatic nitrogens is 2. The smallest absolute Gasteiger partial charge is 0.247 e.